The van der Waals surface area contributed by atoms with Gasteiger partial charge in [-0.15, -0.1) is 0 Å². The molecular weight excluding hydrogens is 274 g/mol. The molecular formula is C19H29NO2. The lowest BCUT2D eigenvalue weighted by Gasteiger charge is -2.60. The van der Waals surface area contributed by atoms with E-state index in [1.54, 1.807) is 0 Å². The van der Waals surface area contributed by atoms with E-state index in [-0.39, 0.29) is 23.0 Å². The van der Waals surface area contributed by atoms with Crippen LogP contribution in [0.2, 0.25) is 0 Å². The van der Waals surface area contributed by atoms with Crippen LogP contribution in [0.3, 0.4) is 0 Å². The van der Waals surface area contributed by atoms with Crippen LogP contribution >= 0.6 is 0 Å². The fourth-order valence-corrected chi connectivity index (χ4v) is 6.29. The molecule has 0 radical (unpaired) electrons. The van der Waals surface area contributed by atoms with Gasteiger partial charge in [-0.25, -0.2) is 0 Å². The molecule has 4 aliphatic rings. The van der Waals surface area contributed by atoms with Gasteiger partial charge in [0.25, 0.3) is 0 Å². The Morgan fingerprint density at radius 1 is 1.18 bits per heavy atom. The van der Waals surface area contributed by atoms with Crippen molar-refractivity contribution in [2.75, 3.05) is 0 Å². The Labute approximate surface area is 133 Å². The molecule has 122 valence electrons. The Morgan fingerprint density at radius 2 is 1.95 bits per heavy atom. The van der Waals surface area contributed by atoms with Crippen molar-refractivity contribution in [3.8, 4) is 0 Å². The molecule has 0 spiro atoms. The van der Waals surface area contributed by atoms with E-state index >= 15 is 0 Å². The standard InChI is InChI=1S/C19H29NO2/c1-18-7-5-12(21)9-11(18)10-15(22)17-13-3-4-16(20)19(13,2)8-6-14(17)18/h3-4,9,11,13-17,21-22H,5-8,10,20H2,1-2H3/t11?,13-,14-,15-,16-,17-,18-,19-/m0/s1. The second kappa shape index (κ2) is 4.61. The molecule has 8 atom stereocenters. The smallest absolute Gasteiger partial charge is 0.0886 e. The summed E-state index contributed by atoms with van der Waals surface area (Å²) in [5.74, 6) is 2.13. The van der Waals surface area contributed by atoms with Gasteiger partial charge in [0, 0.05) is 12.5 Å². The van der Waals surface area contributed by atoms with Gasteiger partial charge in [-0.2, -0.15) is 0 Å². The van der Waals surface area contributed by atoms with E-state index < -0.39 is 0 Å². The molecule has 2 fully saturated rings. The van der Waals surface area contributed by atoms with Crippen molar-refractivity contribution < 1.29 is 10.2 Å². The molecule has 0 aromatic carbocycles. The molecule has 3 nitrogen and oxygen atoms in total. The van der Waals surface area contributed by atoms with E-state index in [1.807, 2.05) is 6.08 Å². The fraction of sp³-hybridized carbons (Fsp3) is 0.789. The van der Waals surface area contributed by atoms with Crippen LogP contribution in [0.25, 0.3) is 0 Å². The number of hydrogen-bond acceptors (Lipinski definition) is 3. The van der Waals surface area contributed by atoms with Crippen molar-refractivity contribution in [3.63, 3.8) is 0 Å². The lowest BCUT2D eigenvalue weighted by atomic mass is 9.45. The Kier molecular flexibility index (Phi) is 3.09. The third-order valence-corrected chi connectivity index (χ3v) is 7.87. The number of aliphatic hydroxyl groups excluding tert-OH is 2. The first-order valence-electron chi connectivity index (χ1n) is 8.88. The summed E-state index contributed by atoms with van der Waals surface area (Å²) < 4.78 is 0. The molecule has 1 unspecified atom stereocenters. The van der Waals surface area contributed by atoms with Crippen LogP contribution < -0.4 is 5.73 Å². The number of hydrogen-bond donors (Lipinski definition) is 3. The Balaban J connectivity index is 1.72. The maximum atomic E-state index is 10.9. The first-order valence-corrected chi connectivity index (χ1v) is 8.88. The van der Waals surface area contributed by atoms with E-state index in [2.05, 4.69) is 26.0 Å². The predicted molar refractivity (Wildman–Crippen MR) is 87.1 cm³/mol. The first kappa shape index (κ1) is 14.8. The topological polar surface area (TPSA) is 66.5 Å². The molecule has 0 bridgehead atoms. The van der Waals surface area contributed by atoms with Crippen LogP contribution in [0.1, 0.15) is 46.0 Å². The average Bonchev–Trinajstić information content (AvgIpc) is 2.77. The Bertz CT molecular complexity index is 542. The first-order chi connectivity index (χ1) is 10.4. The SMILES string of the molecule is C[C@]12CC[C@H]3[C@@H]([C@@H](O)CC4C=C(O)CC[C@@]43C)[C@@H]1C=C[C@@H]2N. The Morgan fingerprint density at radius 3 is 2.73 bits per heavy atom. The van der Waals surface area contributed by atoms with Crippen LogP contribution in [0.15, 0.2) is 24.0 Å². The number of fused-ring (bicyclic) bond motifs is 5. The van der Waals surface area contributed by atoms with Crippen LogP contribution in [-0.4, -0.2) is 22.4 Å². The predicted octanol–water partition coefficient (Wildman–Crippen LogP) is 3.16. The van der Waals surface area contributed by atoms with Crippen molar-refractivity contribution in [3.05, 3.63) is 24.0 Å². The van der Waals surface area contributed by atoms with E-state index in [9.17, 15) is 10.2 Å². The second-order valence-electron chi connectivity index (χ2n) is 8.74. The lowest BCUT2D eigenvalue weighted by molar-refractivity contribution is -0.137. The van der Waals surface area contributed by atoms with Gasteiger partial charge in [-0.05, 0) is 66.3 Å². The summed E-state index contributed by atoms with van der Waals surface area (Å²) >= 11 is 0. The highest BCUT2D eigenvalue weighted by Gasteiger charge is 2.60. The van der Waals surface area contributed by atoms with Crippen molar-refractivity contribution in [2.24, 2.45) is 40.2 Å². The van der Waals surface area contributed by atoms with E-state index in [4.69, 9.17) is 5.73 Å². The van der Waals surface area contributed by atoms with E-state index in [0.29, 0.717) is 29.4 Å². The van der Waals surface area contributed by atoms with Gasteiger partial charge in [-0.3, -0.25) is 0 Å². The molecule has 0 saturated heterocycles. The van der Waals surface area contributed by atoms with Crippen molar-refractivity contribution in [2.45, 2.75) is 58.1 Å². The van der Waals surface area contributed by atoms with Gasteiger partial charge in [0.2, 0.25) is 0 Å². The molecule has 0 amide bonds. The minimum atomic E-state index is -0.273. The van der Waals surface area contributed by atoms with Crippen LogP contribution in [0, 0.1) is 34.5 Å². The van der Waals surface area contributed by atoms with Gasteiger partial charge in [0.15, 0.2) is 0 Å². The van der Waals surface area contributed by atoms with Gasteiger partial charge < -0.3 is 15.9 Å². The summed E-state index contributed by atoms with van der Waals surface area (Å²) in [6.45, 7) is 4.71. The quantitative estimate of drug-likeness (QED) is 0.602. The molecule has 3 heteroatoms. The maximum Gasteiger partial charge on any atom is 0.0886 e. The van der Waals surface area contributed by atoms with Gasteiger partial charge in [-0.1, -0.05) is 26.0 Å². The summed E-state index contributed by atoms with van der Waals surface area (Å²) in [5, 5.41) is 20.8. The van der Waals surface area contributed by atoms with Crippen molar-refractivity contribution in [1.82, 2.24) is 0 Å². The molecule has 0 aromatic rings. The summed E-state index contributed by atoms with van der Waals surface area (Å²) in [7, 11) is 0. The molecule has 4 N–H and O–H groups in total. The minimum Gasteiger partial charge on any atom is -0.513 e. The molecule has 2 saturated carbocycles. The molecule has 22 heavy (non-hydrogen) atoms. The third-order valence-electron chi connectivity index (χ3n) is 7.87. The molecule has 0 heterocycles. The maximum absolute atomic E-state index is 10.9. The van der Waals surface area contributed by atoms with Gasteiger partial charge in [0.1, 0.15) is 0 Å². The number of nitrogens with two attached hydrogens (primary N) is 1. The van der Waals surface area contributed by atoms with Crippen LogP contribution in [0.4, 0.5) is 0 Å². The molecule has 4 rings (SSSR count). The summed E-state index contributed by atoms with van der Waals surface area (Å²) in [5.41, 5.74) is 6.71. The van der Waals surface area contributed by atoms with Crippen molar-refractivity contribution in [1.29, 1.82) is 0 Å². The third kappa shape index (κ3) is 1.75. The molecule has 0 aromatic heterocycles. The van der Waals surface area contributed by atoms with Gasteiger partial charge >= 0.3 is 0 Å². The van der Waals surface area contributed by atoms with Crippen LogP contribution in [0.5, 0.6) is 0 Å². The summed E-state index contributed by atoms with van der Waals surface area (Å²) in [6, 6.07) is 0.131. The highest BCUT2D eigenvalue weighted by molar-refractivity contribution is 5.23. The fourth-order valence-electron chi connectivity index (χ4n) is 6.29. The normalized spacial score (nSPS) is 56.8. The van der Waals surface area contributed by atoms with Crippen LogP contribution in [-0.2, 0) is 0 Å². The number of rotatable bonds is 0. The number of allylic oxidation sites excluding steroid dienone is 3. The lowest BCUT2D eigenvalue weighted by Crippen LogP contribution is -2.58. The highest BCUT2D eigenvalue weighted by Crippen LogP contribution is 2.64. The highest BCUT2D eigenvalue weighted by atomic mass is 16.3. The minimum absolute atomic E-state index is 0.123. The number of aliphatic hydroxyl groups is 2. The zero-order valence-electron chi connectivity index (χ0n) is 13.7. The molecule has 4 aliphatic carbocycles. The van der Waals surface area contributed by atoms with E-state index in [1.165, 1.54) is 0 Å². The van der Waals surface area contributed by atoms with E-state index in [0.717, 1.165) is 32.1 Å². The summed E-state index contributed by atoms with van der Waals surface area (Å²) in [4.78, 5) is 0. The Hall–Kier alpha value is -0.800. The zero-order valence-corrected chi connectivity index (χ0v) is 13.7. The monoisotopic (exact) mass is 303 g/mol. The zero-order chi connectivity index (χ0) is 15.7. The average molecular weight is 303 g/mol. The van der Waals surface area contributed by atoms with Crippen molar-refractivity contribution >= 4 is 0 Å². The molecule has 0 aliphatic heterocycles. The van der Waals surface area contributed by atoms with Gasteiger partial charge in [0.05, 0.1) is 11.9 Å². The second-order valence-corrected chi connectivity index (χ2v) is 8.74. The largest absolute Gasteiger partial charge is 0.513 e. The summed E-state index contributed by atoms with van der Waals surface area (Å²) in [6.07, 6.45) is 11.2.